The summed E-state index contributed by atoms with van der Waals surface area (Å²) in [5.74, 6) is -3.84. The van der Waals surface area contributed by atoms with Crippen LogP contribution in [0.4, 0.5) is 19.0 Å². The molecule has 0 amide bonds. The highest BCUT2D eigenvalue weighted by atomic mass is 19.3. The molecule has 0 aliphatic rings. The van der Waals surface area contributed by atoms with Crippen molar-refractivity contribution >= 4 is 5.82 Å². The van der Waals surface area contributed by atoms with Gasteiger partial charge in [-0.15, -0.1) is 0 Å². The summed E-state index contributed by atoms with van der Waals surface area (Å²) >= 11 is 0. The van der Waals surface area contributed by atoms with Crippen LogP contribution in [-0.4, -0.2) is 24.1 Å². The third-order valence-electron chi connectivity index (χ3n) is 3.21. The van der Waals surface area contributed by atoms with Crippen molar-refractivity contribution < 1.29 is 22.6 Å². The fourth-order valence-electron chi connectivity index (χ4n) is 1.96. The van der Waals surface area contributed by atoms with Gasteiger partial charge in [-0.25, -0.2) is 9.37 Å². The van der Waals surface area contributed by atoms with E-state index in [-0.39, 0.29) is 29.7 Å². The summed E-state index contributed by atoms with van der Waals surface area (Å²) in [5.41, 5.74) is 0.128. The number of allylic oxidation sites excluding steroid dienone is 1. The van der Waals surface area contributed by atoms with Gasteiger partial charge in [-0.3, -0.25) is 0 Å². The molecule has 0 saturated heterocycles. The average Bonchev–Trinajstić information content (AvgIpc) is 2.60. The predicted molar refractivity (Wildman–Crippen MR) is 83.0 cm³/mol. The summed E-state index contributed by atoms with van der Waals surface area (Å²) in [5, 5.41) is 2.55. The molecule has 2 rings (SSSR count). The summed E-state index contributed by atoms with van der Waals surface area (Å²) in [7, 11) is 2.81. The lowest BCUT2D eigenvalue weighted by Gasteiger charge is -2.17. The molecule has 0 saturated carbocycles. The van der Waals surface area contributed by atoms with Gasteiger partial charge in [0.1, 0.15) is 12.4 Å². The van der Waals surface area contributed by atoms with Crippen LogP contribution in [0.3, 0.4) is 0 Å². The monoisotopic (exact) mass is 339 g/mol. The highest BCUT2D eigenvalue weighted by Crippen LogP contribution is 2.36. The number of aromatic nitrogens is 2. The smallest absolute Gasteiger partial charge is 0.318 e. The van der Waals surface area contributed by atoms with E-state index in [4.69, 9.17) is 9.47 Å². The van der Waals surface area contributed by atoms with Crippen LogP contribution in [0.2, 0.25) is 0 Å². The van der Waals surface area contributed by atoms with E-state index in [0.717, 1.165) is 6.20 Å². The van der Waals surface area contributed by atoms with E-state index in [2.05, 4.69) is 21.9 Å². The minimum Gasteiger partial charge on any atom is -0.496 e. The van der Waals surface area contributed by atoms with E-state index >= 15 is 0 Å². The van der Waals surface area contributed by atoms with E-state index in [1.807, 2.05) is 0 Å². The molecule has 1 aromatic carbocycles. The molecule has 24 heavy (non-hydrogen) atoms. The largest absolute Gasteiger partial charge is 0.496 e. The van der Waals surface area contributed by atoms with E-state index in [1.54, 1.807) is 6.07 Å². The number of rotatable bonds is 7. The standard InChI is InChI=1S/C16H16F3N3O2/c1-4-16(18,19)11-7-10(5-6-13(11)23-3)9-24-15-21-8-12(17)14(20-2)22-15/h4-8H,1,9H2,2-3H3,(H,20,21,22). The quantitative estimate of drug-likeness (QED) is 0.782. The molecule has 0 aliphatic heterocycles. The molecule has 1 aromatic heterocycles. The van der Waals surface area contributed by atoms with Gasteiger partial charge in [0, 0.05) is 7.05 Å². The van der Waals surface area contributed by atoms with Crippen LogP contribution in [0.1, 0.15) is 11.1 Å². The molecule has 0 aliphatic carbocycles. The lowest BCUT2D eigenvalue weighted by molar-refractivity contribution is 0.0496. The fourth-order valence-corrected chi connectivity index (χ4v) is 1.96. The molecule has 128 valence electrons. The lowest BCUT2D eigenvalue weighted by atomic mass is 10.0. The molecular weight excluding hydrogens is 323 g/mol. The molecule has 5 nitrogen and oxygen atoms in total. The maximum absolute atomic E-state index is 13.9. The molecule has 0 spiro atoms. The zero-order valence-electron chi connectivity index (χ0n) is 13.1. The van der Waals surface area contributed by atoms with Crippen LogP contribution in [-0.2, 0) is 12.5 Å². The van der Waals surface area contributed by atoms with Gasteiger partial charge in [0.15, 0.2) is 11.6 Å². The molecule has 0 unspecified atom stereocenters. The first-order valence-electron chi connectivity index (χ1n) is 6.93. The molecule has 8 heteroatoms. The Balaban J connectivity index is 2.21. The number of nitrogens with one attached hydrogen (secondary N) is 1. The predicted octanol–water partition coefficient (Wildman–Crippen LogP) is 3.52. The maximum Gasteiger partial charge on any atom is 0.318 e. The summed E-state index contributed by atoms with van der Waals surface area (Å²) in [6, 6.07) is 4.16. The van der Waals surface area contributed by atoms with Crippen molar-refractivity contribution in [1.29, 1.82) is 0 Å². The second-order valence-electron chi connectivity index (χ2n) is 4.75. The number of methoxy groups -OCH3 is 1. The Kier molecular flexibility index (Phi) is 5.28. The SMILES string of the molecule is C=CC(F)(F)c1cc(COc2ncc(F)c(NC)n2)ccc1OC. The third kappa shape index (κ3) is 3.76. The molecular formula is C16H16F3N3O2. The van der Waals surface area contributed by atoms with Crippen LogP contribution in [0, 0.1) is 5.82 Å². The van der Waals surface area contributed by atoms with Gasteiger partial charge in [0.2, 0.25) is 0 Å². The van der Waals surface area contributed by atoms with Crippen molar-refractivity contribution in [2.75, 3.05) is 19.5 Å². The Hall–Kier alpha value is -2.77. The molecule has 0 fully saturated rings. The Bertz CT molecular complexity index is 739. The lowest BCUT2D eigenvalue weighted by Crippen LogP contribution is -2.12. The molecule has 1 heterocycles. The highest BCUT2D eigenvalue weighted by molar-refractivity contribution is 5.42. The minimum atomic E-state index is -3.24. The fraction of sp³-hybridized carbons (Fsp3) is 0.250. The van der Waals surface area contributed by atoms with Crippen LogP contribution in [0.15, 0.2) is 37.1 Å². The highest BCUT2D eigenvalue weighted by Gasteiger charge is 2.31. The van der Waals surface area contributed by atoms with Crippen molar-refractivity contribution in [2.45, 2.75) is 12.5 Å². The molecule has 0 atom stereocenters. The Morgan fingerprint density at radius 2 is 2.12 bits per heavy atom. The van der Waals surface area contributed by atoms with Crippen LogP contribution < -0.4 is 14.8 Å². The minimum absolute atomic E-state index is 0.0198. The van der Waals surface area contributed by atoms with Gasteiger partial charge in [-0.2, -0.15) is 13.8 Å². The topological polar surface area (TPSA) is 56.3 Å². The zero-order chi connectivity index (χ0) is 17.7. The Labute approximate surface area is 137 Å². The Morgan fingerprint density at radius 1 is 1.38 bits per heavy atom. The number of anilines is 1. The van der Waals surface area contributed by atoms with Gasteiger partial charge in [-0.05, 0) is 23.8 Å². The third-order valence-corrected chi connectivity index (χ3v) is 3.21. The van der Waals surface area contributed by atoms with Gasteiger partial charge in [-0.1, -0.05) is 12.6 Å². The first-order chi connectivity index (χ1) is 11.4. The zero-order valence-corrected chi connectivity index (χ0v) is 13.1. The van der Waals surface area contributed by atoms with Crippen LogP contribution in [0.5, 0.6) is 11.8 Å². The van der Waals surface area contributed by atoms with Gasteiger partial charge in [0.05, 0.1) is 18.9 Å². The van der Waals surface area contributed by atoms with E-state index < -0.39 is 11.7 Å². The van der Waals surface area contributed by atoms with Crippen molar-refractivity contribution in [1.82, 2.24) is 9.97 Å². The molecule has 0 bridgehead atoms. The van der Waals surface area contributed by atoms with Crippen LogP contribution >= 0.6 is 0 Å². The molecule has 1 N–H and O–H groups in total. The summed E-state index contributed by atoms with van der Waals surface area (Å²) in [6.45, 7) is 3.07. The van der Waals surface area contributed by atoms with E-state index in [0.29, 0.717) is 11.6 Å². The van der Waals surface area contributed by atoms with Gasteiger partial charge < -0.3 is 14.8 Å². The number of halogens is 3. The van der Waals surface area contributed by atoms with Gasteiger partial charge >= 0.3 is 6.01 Å². The number of hydrogen-bond donors (Lipinski definition) is 1. The maximum atomic E-state index is 13.9. The van der Waals surface area contributed by atoms with Crippen molar-refractivity contribution in [3.05, 3.63) is 54.0 Å². The van der Waals surface area contributed by atoms with E-state index in [1.165, 1.54) is 26.3 Å². The Morgan fingerprint density at radius 3 is 2.75 bits per heavy atom. The molecule has 2 aromatic rings. The first-order valence-corrected chi connectivity index (χ1v) is 6.93. The summed E-state index contributed by atoms with van der Waals surface area (Å²) in [6.07, 6.45) is 1.50. The van der Waals surface area contributed by atoms with Gasteiger partial charge in [0.25, 0.3) is 5.92 Å². The van der Waals surface area contributed by atoms with Crippen molar-refractivity contribution in [3.63, 3.8) is 0 Å². The number of nitrogens with zero attached hydrogens (tertiary/aromatic N) is 2. The average molecular weight is 339 g/mol. The number of benzene rings is 1. The van der Waals surface area contributed by atoms with Crippen LogP contribution in [0.25, 0.3) is 0 Å². The second-order valence-corrected chi connectivity index (χ2v) is 4.75. The van der Waals surface area contributed by atoms with Crippen molar-refractivity contribution in [3.8, 4) is 11.8 Å². The van der Waals surface area contributed by atoms with Crippen molar-refractivity contribution in [2.24, 2.45) is 0 Å². The van der Waals surface area contributed by atoms with E-state index in [9.17, 15) is 13.2 Å². The number of ether oxygens (including phenoxy) is 2. The first kappa shape index (κ1) is 17.6. The number of alkyl halides is 2. The summed E-state index contributed by atoms with van der Waals surface area (Å²) < 4.78 is 51.4. The number of hydrogen-bond acceptors (Lipinski definition) is 5. The normalized spacial score (nSPS) is 11.0. The molecule has 0 radical (unpaired) electrons. The second kappa shape index (κ2) is 7.20. The summed E-state index contributed by atoms with van der Waals surface area (Å²) in [4.78, 5) is 7.50.